The van der Waals surface area contributed by atoms with Crippen molar-refractivity contribution >= 4 is 0 Å². The predicted octanol–water partition coefficient (Wildman–Crippen LogP) is 3.74. The van der Waals surface area contributed by atoms with Crippen molar-refractivity contribution in [2.45, 2.75) is 58.2 Å². The highest BCUT2D eigenvalue weighted by atomic mass is 16.5. The Morgan fingerprint density at radius 2 is 2.10 bits per heavy atom. The fourth-order valence-corrected chi connectivity index (χ4v) is 2.65. The van der Waals surface area contributed by atoms with Crippen LogP contribution >= 0.6 is 0 Å². The highest BCUT2D eigenvalue weighted by Gasteiger charge is 2.25. The van der Waals surface area contributed by atoms with Crippen LogP contribution in [0.5, 0.6) is 5.75 Å². The van der Waals surface area contributed by atoms with Crippen molar-refractivity contribution in [2.24, 2.45) is 0 Å². The zero-order chi connectivity index (χ0) is 15.1. The molecular weight excluding hydrogens is 262 g/mol. The number of benzene rings is 1. The molecule has 1 aromatic carbocycles. The number of ether oxygens (including phenoxy) is 2. The molecule has 0 amide bonds. The standard InChI is InChI=1S/C18H29NO2/c1-4-10-19-12-17-8-9-18(21-17)13-20-16-7-5-6-15(11-16)14(2)3/h5-7,11,14,17-19H,4,8-10,12-13H2,1-3H3. The van der Waals surface area contributed by atoms with Gasteiger partial charge in [-0.1, -0.05) is 32.9 Å². The predicted molar refractivity (Wildman–Crippen MR) is 87.1 cm³/mol. The second kappa shape index (κ2) is 8.40. The molecule has 21 heavy (non-hydrogen) atoms. The molecule has 1 fully saturated rings. The van der Waals surface area contributed by atoms with E-state index in [1.165, 1.54) is 12.0 Å². The van der Waals surface area contributed by atoms with Crippen LogP contribution < -0.4 is 10.1 Å². The van der Waals surface area contributed by atoms with Crippen molar-refractivity contribution in [2.75, 3.05) is 19.7 Å². The molecule has 0 radical (unpaired) electrons. The maximum Gasteiger partial charge on any atom is 0.119 e. The Kier molecular flexibility index (Phi) is 6.52. The molecule has 0 spiro atoms. The summed E-state index contributed by atoms with van der Waals surface area (Å²) in [6.07, 6.45) is 4.00. The first-order chi connectivity index (χ1) is 10.2. The fraction of sp³-hybridized carbons (Fsp3) is 0.667. The zero-order valence-electron chi connectivity index (χ0n) is 13.6. The van der Waals surface area contributed by atoms with Crippen molar-refractivity contribution in [1.82, 2.24) is 5.32 Å². The van der Waals surface area contributed by atoms with E-state index in [-0.39, 0.29) is 6.10 Å². The topological polar surface area (TPSA) is 30.5 Å². The van der Waals surface area contributed by atoms with E-state index in [0.717, 1.165) is 31.7 Å². The molecule has 118 valence electrons. The van der Waals surface area contributed by atoms with Gasteiger partial charge in [-0.3, -0.25) is 0 Å². The van der Waals surface area contributed by atoms with E-state index in [2.05, 4.69) is 44.3 Å². The lowest BCUT2D eigenvalue weighted by molar-refractivity contribution is 0.0186. The van der Waals surface area contributed by atoms with Gasteiger partial charge in [0.15, 0.2) is 0 Å². The number of hydrogen-bond donors (Lipinski definition) is 1. The number of rotatable bonds is 8. The third kappa shape index (κ3) is 5.33. The Morgan fingerprint density at radius 3 is 2.86 bits per heavy atom. The molecule has 1 saturated heterocycles. The average molecular weight is 291 g/mol. The molecule has 1 heterocycles. The van der Waals surface area contributed by atoms with Gasteiger partial charge in [0.1, 0.15) is 12.4 Å². The molecule has 1 aliphatic rings. The Bertz CT molecular complexity index is 419. The average Bonchev–Trinajstić information content (AvgIpc) is 2.94. The fourth-order valence-electron chi connectivity index (χ4n) is 2.65. The van der Waals surface area contributed by atoms with E-state index >= 15 is 0 Å². The van der Waals surface area contributed by atoms with Crippen LogP contribution in [-0.4, -0.2) is 31.9 Å². The molecule has 0 aromatic heterocycles. The summed E-state index contributed by atoms with van der Waals surface area (Å²) in [5.74, 6) is 1.49. The second-order valence-corrected chi connectivity index (χ2v) is 6.20. The van der Waals surface area contributed by atoms with Crippen molar-refractivity contribution in [1.29, 1.82) is 0 Å². The summed E-state index contributed by atoms with van der Waals surface area (Å²) < 4.78 is 11.9. The summed E-state index contributed by atoms with van der Waals surface area (Å²) in [7, 11) is 0. The van der Waals surface area contributed by atoms with Crippen molar-refractivity contribution in [3.05, 3.63) is 29.8 Å². The quantitative estimate of drug-likeness (QED) is 0.740. The molecule has 2 unspecified atom stereocenters. The van der Waals surface area contributed by atoms with E-state index in [4.69, 9.17) is 9.47 Å². The highest BCUT2D eigenvalue weighted by Crippen LogP contribution is 2.23. The molecule has 0 bridgehead atoms. The number of nitrogens with one attached hydrogen (secondary N) is 1. The van der Waals surface area contributed by atoms with Gasteiger partial charge in [-0.2, -0.15) is 0 Å². The van der Waals surface area contributed by atoms with Gasteiger partial charge < -0.3 is 14.8 Å². The van der Waals surface area contributed by atoms with Crippen LogP contribution in [-0.2, 0) is 4.74 Å². The molecule has 0 aliphatic carbocycles. The van der Waals surface area contributed by atoms with Gasteiger partial charge in [0.2, 0.25) is 0 Å². The van der Waals surface area contributed by atoms with Crippen molar-refractivity contribution < 1.29 is 9.47 Å². The van der Waals surface area contributed by atoms with Gasteiger partial charge in [0, 0.05) is 6.54 Å². The monoisotopic (exact) mass is 291 g/mol. The zero-order valence-corrected chi connectivity index (χ0v) is 13.6. The lowest BCUT2D eigenvalue weighted by atomic mass is 10.0. The smallest absolute Gasteiger partial charge is 0.119 e. The van der Waals surface area contributed by atoms with Crippen LogP contribution in [0, 0.1) is 0 Å². The van der Waals surface area contributed by atoms with Gasteiger partial charge in [-0.15, -0.1) is 0 Å². The van der Waals surface area contributed by atoms with Crippen LogP contribution in [0.15, 0.2) is 24.3 Å². The van der Waals surface area contributed by atoms with Crippen molar-refractivity contribution in [3.63, 3.8) is 0 Å². The first kappa shape index (κ1) is 16.3. The van der Waals surface area contributed by atoms with Gasteiger partial charge in [0.05, 0.1) is 12.2 Å². The minimum atomic E-state index is 0.237. The minimum Gasteiger partial charge on any atom is -0.491 e. The molecule has 0 saturated carbocycles. The normalized spacial score (nSPS) is 21.9. The van der Waals surface area contributed by atoms with E-state index in [1.807, 2.05) is 6.07 Å². The Labute approximate surface area is 129 Å². The lowest BCUT2D eigenvalue weighted by Crippen LogP contribution is -2.28. The van der Waals surface area contributed by atoms with E-state index in [0.29, 0.717) is 18.6 Å². The van der Waals surface area contributed by atoms with Gasteiger partial charge in [0.25, 0.3) is 0 Å². The first-order valence-corrected chi connectivity index (χ1v) is 8.28. The van der Waals surface area contributed by atoms with Gasteiger partial charge >= 0.3 is 0 Å². The number of hydrogen-bond acceptors (Lipinski definition) is 3. The SMILES string of the molecule is CCCNCC1CCC(COc2cccc(C(C)C)c2)O1. The molecule has 2 rings (SSSR count). The maximum atomic E-state index is 6.02. The van der Waals surface area contributed by atoms with Gasteiger partial charge in [-0.25, -0.2) is 0 Å². The van der Waals surface area contributed by atoms with Crippen LogP contribution in [0.4, 0.5) is 0 Å². The van der Waals surface area contributed by atoms with E-state index in [1.54, 1.807) is 0 Å². The van der Waals surface area contributed by atoms with E-state index < -0.39 is 0 Å². The molecule has 3 nitrogen and oxygen atoms in total. The lowest BCUT2D eigenvalue weighted by Gasteiger charge is -2.16. The molecule has 2 atom stereocenters. The molecular formula is C18H29NO2. The van der Waals surface area contributed by atoms with Crippen molar-refractivity contribution in [3.8, 4) is 5.75 Å². The summed E-state index contributed by atoms with van der Waals surface area (Å²) >= 11 is 0. The Hall–Kier alpha value is -1.06. The highest BCUT2D eigenvalue weighted by molar-refractivity contribution is 5.30. The summed E-state index contributed by atoms with van der Waals surface area (Å²) in [4.78, 5) is 0. The summed E-state index contributed by atoms with van der Waals surface area (Å²) in [5, 5.41) is 3.43. The summed E-state index contributed by atoms with van der Waals surface area (Å²) in [6.45, 7) is 9.28. The van der Waals surface area contributed by atoms with E-state index in [9.17, 15) is 0 Å². The summed E-state index contributed by atoms with van der Waals surface area (Å²) in [5.41, 5.74) is 1.32. The van der Waals surface area contributed by atoms with Crippen LogP contribution in [0.3, 0.4) is 0 Å². The van der Waals surface area contributed by atoms with Crippen LogP contribution in [0.25, 0.3) is 0 Å². The second-order valence-electron chi connectivity index (χ2n) is 6.20. The minimum absolute atomic E-state index is 0.237. The molecule has 1 aliphatic heterocycles. The van der Waals surface area contributed by atoms with Crippen LogP contribution in [0.1, 0.15) is 51.5 Å². The van der Waals surface area contributed by atoms with Crippen LogP contribution in [0.2, 0.25) is 0 Å². The molecule has 3 heteroatoms. The Morgan fingerprint density at radius 1 is 1.29 bits per heavy atom. The maximum absolute atomic E-state index is 6.02. The first-order valence-electron chi connectivity index (χ1n) is 8.28. The molecule has 1 N–H and O–H groups in total. The Balaban J connectivity index is 1.73. The third-order valence-electron chi connectivity index (χ3n) is 3.95. The largest absolute Gasteiger partial charge is 0.491 e. The molecule has 1 aromatic rings. The summed E-state index contributed by atoms with van der Waals surface area (Å²) in [6, 6.07) is 8.39. The third-order valence-corrected chi connectivity index (χ3v) is 3.95. The van der Waals surface area contributed by atoms with Gasteiger partial charge in [-0.05, 0) is 49.4 Å².